The highest BCUT2D eigenvalue weighted by molar-refractivity contribution is 6.18. The molecule has 0 aromatic rings. The molecule has 0 radical (unpaired) electrons. The summed E-state index contributed by atoms with van der Waals surface area (Å²) >= 11 is 6.03. The van der Waals surface area contributed by atoms with Gasteiger partial charge in [-0.25, -0.2) is 0 Å². The van der Waals surface area contributed by atoms with Crippen LogP contribution in [0.15, 0.2) is 0 Å². The Morgan fingerprint density at radius 3 is 2.87 bits per heavy atom. The Balaban J connectivity index is 2.55. The molecule has 3 heteroatoms. The number of hydrogen-bond acceptors (Lipinski definition) is 1. The van der Waals surface area contributed by atoms with Crippen molar-refractivity contribution in [3.63, 3.8) is 0 Å². The van der Waals surface area contributed by atoms with E-state index in [4.69, 9.17) is 11.6 Å². The first-order chi connectivity index (χ1) is 7.12. The lowest BCUT2D eigenvalue weighted by atomic mass is 9.77. The van der Waals surface area contributed by atoms with Crippen LogP contribution in [0.1, 0.15) is 52.4 Å². The van der Waals surface area contributed by atoms with Crippen LogP contribution in [0.4, 0.5) is 0 Å². The van der Waals surface area contributed by atoms with Crippen molar-refractivity contribution in [3.05, 3.63) is 0 Å². The van der Waals surface area contributed by atoms with Gasteiger partial charge in [-0.1, -0.05) is 26.7 Å². The van der Waals surface area contributed by atoms with Gasteiger partial charge in [0.15, 0.2) is 0 Å². The van der Waals surface area contributed by atoms with E-state index in [9.17, 15) is 4.79 Å². The summed E-state index contributed by atoms with van der Waals surface area (Å²) in [6.07, 6.45) is 6.04. The molecule has 0 aromatic carbocycles. The molecule has 15 heavy (non-hydrogen) atoms. The summed E-state index contributed by atoms with van der Waals surface area (Å²) in [7, 11) is 0. The molecule has 0 aromatic heterocycles. The maximum absolute atomic E-state index is 11.6. The maximum Gasteiger partial charge on any atom is 0.220 e. The molecular formula is C12H22ClNO. The highest BCUT2D eigenvalue weighted by atomic mass is 35.5. The Morgan fingerprint density at radius 1 is 1.60 bits per heavy atom. The molecule has 88 valence electrons. The Kier molecular flexibility index (Phi) is 4.91. The molecule has 0 heterocycles. The van der Waals surface area contributed by atoms with Crippen molar-refractivity contribution in [3.8, 4) is 0 Å². The normalized spacial score (nSPS) is 31.3. The zero-order valence-electron chi connectivity index (χ0n) is 9.81. The van der Waals surface area contributed by atoms with Crippen LogP contribution in [0.25, 0.3) is 0 Å². The van der Waals surface area contributed by atoms with E-state index < -0.39 is 0 Å². The van der Waals surface area contributed by atoms with Gasteiger partial charge in [0.25, 0.3) is 0 Å². The zero-order chi connectivity index (χ0) is 11.3. The molecule has 1 saturated carbocycles. The predicted octanol–water partition coefficient (Wildman–Crippen LogP) is 3.09. The van der Waals surface area contributed by atoms with Crippen molar-refractivity contribution in [1.29, 1.82) is 0 Å². The third-order valence-electron chi connectivity index (χ3n) is 3.23. The summed E-state index contributed by atoms with van der Waals surface area (Å²) in [4.78, 5) is 11.6. The molecule has 1 rings (SSSR count). The second-order valence-electron chi connectivity index (χ2n) is 4.91. The van der Waals surface area contributed by atoms with Crippen LogP contribution < -0.4 is 5.32 Å². The predicted molar refractivity (Wildman–Crippen MR) is 64.1 cm³/mol. The largest absolute Gasteiger partial charge is 0.349 e. The Bertz CT molecular complexity index is 220. The van der Waals surface area contributed by atoms with Gasteiger partial charge in [0.1, 0.15) is 0 Å². The van der Waals surface area contributed by atoms with Gasteiger partial charge in [0.05, 0.1) is 5.54 Å². The fourth-order valence-electron chi connectivity index (χ4n) is 2.51. The van der Waals surface area contributed by atoms with Crippen LogP contribution in [0.3, 0.4) is 0 Å². The molecule has 1 amide bonds. The van der Waals surface area contributed by atoms with Crippen molar-refractivity contribution in [1.82, 2.24) is 5.32 Å². The number of halogens is 1. The molecule has 2 atom stereocenters. The highest BCUT2D eigenvalue weighted by Crippen LogP contribution is 2.33. The summed E-state index contributed by atoms with van der Waals surface area (Å²) < 4.78 is 0. The molecule has 1 aliphatic carbocycles. The lowest BCUT2D eigenvalue weighted by Crippen LogP contribution is -2.52. The third kappa shape index (κ3) is 3.67. The van der Waals surface area contributed by atoms with Crippen molar-refractivity contribution >= 4 is 17.5 Å². The molecule has 1 aliphatic rings. The lowest BCUT2D eigenvalue weighted by Gasteiger charge is -2.39. The highest BCUT2D eigenvalue weighted by Gasteiger charge is 2.35. The average molecular weight is 232 g/mol. The fraction of sp³-hybridized carbons (Fsp3) is 0.917. The smallest absolute Gasteiger partial charge is 0.220 e. The fourth-order valence-corrected chi connectivity index (χ4v) is 2.82. The van der Waals surface area contributed by atoms with Crippen LogP contribution >= 0.6 is 11.6 Å². The minimum Gasteiger partial charge on any atom is -0.349 e. The topological polar surface area (TPSA) is 29.1 Å². The molecule has 0 aliphatic heterocycles. The van der Waals surface area contributed by atoms with Crippen LogP contribution in [0.5, 0.6) is 0 Å². The lowest BCUT2D eigenvalue weighted by molar-refractivity contribution is -0.123. The van der Waals surface area contributed by atoms with Crippen LogP contribution in [-0.2, 0) is 4.79 Å². The van der Waals surface area contributed by atoms with E-state index in [2.05, 4.69) is 12.2 Å². The van der Waals surface area contributed by atoms with Crippen LogP contribution in [0.2, 0.25) is 0 Å². The van der Waals surface area contributed by atoms with Gasteiger partial charge in [-0.05, 0) is 25.2 Å². The molecule has 2 nitrogen and oxygen atoms in total. The third-order valence-corrected chi connectivity index (χ3v) is 3.74. The van der Waals surface area contributed by atoms with Gasteiger partial charge in [-0.15, -0.1) is 11.6 Å². The quantitative estimate of drug-likeness (QED) is 0.741. The Morgan fingerprint density at radius 2 is 2.33 bits per heavy atom. The Hall–Kier alpha value is -0.240. The van der Waals surface area contributed by atoms with Crippen LogP contribution in [-0.4, -0.2) is 17.3 Å². The van der Waals surface area contributed by atoms with E-state index >= 15 is 0 Å². The summed E-state index contributed by atoms with van der Waals surface area (Å²) in [5, 5.41) is 3.14. The second kappa shape index (κ2) is 5.74. The number of carbonyl (C=O) groups excluding carboxylic acids is 1. The molecule has 1 fully saturated rings. The molecule has 1 N–H and O–H groups in total. The van der Waals surface area contributed by atoms with E-state index in [1.54, 1.807) is 0 Å². The number of nitrogens with one attached hydrogen (secondary N) is 1. The van der Waals surface area contributed by atoms with E-state index in [1.165, 1.54) is 12.8 Å². The Labute approximate surface area is 97.8 Å². The van der Waals surface area contributed by atoms with E-state index in [-0.39, 0.29) is 11.4 Å². The van der Waals surface area contributed by atoms with Gasteiger partial charge in [0.2, 0.25) is 5.91 Å². The number of rotatable bonds is 4. The number of alkyl halides is 1. The van der Waals surface area contributed by atoms with Gasteiger partial charge in [-0.2, -0.15) is 0 Å². The standard InChI is InChI=1S/C12H22ClNO/c1-3-5-11(15)14-12(9-13)7-4-6-10(2)8-12/h10H,3-9H2,1-2H3,(H,14,15). The average Bonchev–Trinajstić information content (AvgIpc) is 2.18. The minimum atomic E-state index is -0.120. The number of hydrogen-bond donors (Lipinski definition) is 1. The summed E-state index contributed by atoms with van der Waals surface area (Å²) in [6, 6.07) is 0. The van der Waals surface area contributed by atoms with Crippen molar-refractivity contribution in [2.45, 2.75) is 57.9 Å². The van der Waals surface area contributed by atoms with Gasteiger partial charge < -0.3 is 5.32 Å². The molecular weight excluding hydrogens is 210 g/mol. The maximum atomic E-state index is 11.6. The van der Waals surface area contributed by atoms with Crippen molar-refractivity contribution < 1.29 is 4.79 Å². The first-order valence-corrected chi connectivity index (χ1v) is 6.52. The van der Waals surface area contributed by atoms with Gasteiger partial charge in [-0.3, -0.25) is 4.79 Å². The summed E-state index contributed by atoms with van der Waals surface area (Å²) in [6.45, 7) is 4.27. The first kappa shape index (κ1) is 12.8. The monoisotopic (exact) mass is 231 g/mol. The number of amides is 1. The SMILES string of the molecule is CCCC(=O)NC1(CCl)CCCC(C)C1. The molecule has 0 saturated heterocycles. The van der Waals surface area contributed by atoms with E-state index in [0.29, 0.717) is 18.2 Å². The second-order valence-corrected chi connectivity index (χ2v) is 5.18. The summed E-state index contributed by atoms with van der Waals surface area (Å²) in [5.41, 5.74) is -0.120. The van der Waals surface area contributed by atoms with Crippen LogP contribution in [0, 0.1) is 5.92 Å². The van der Waals surface area contributed by atoms with Gasteiger partial charge >= 0.3 is 0 Å². The van der Waals surface area contributed by atoms with Gasteiger partial charge in [0, 0.05) is 12.3 Å². The zero-order valence-corrected chi connectivity index (χ0v) is 10.6. The first-order valence-electron chi connectivity index (χ1n) is 5.99. The van der Waals surface area contributed by atoms with Crippen molar-refractivity contribution in [2.24, 2.45) is 5.92 Å². The van der Waals surface area contributed by atoms with Crippen molar-refractivity contribution in [2.75, 3.05) is 5.88 Å². The molecule has 2 unspecified atom stereocenters. The molecule has 0 spiro atoms. The van der Waals surface area contributed by atoms with E-state index in [1.807, 2.05) is 6.92 Å². The van der Waals surface area contributed by atoms with E-state index in [0.717, 1.165) is 19.3 Å². The summed E-state index contributed by atoms with van der Waals surface area (Å²) in [5.74, 6) is 1.39. The number of carbonyl (C=O) groups is 1. The molecule has 0 bridgehead atoms. The minimum absolute atomic E-state index is 0.120.